The third-order valence-electron chi connectivity index (χ3n) is 3.72. The molecule has 0 aliphatic carbocycles. The van der Waals surface area contributed by atoms with Crippen LogP contribution in [0.1, 0.15) is 46.1 Å². The quantitative estimate of drug-likeness (QED) is 0.657. The fraction of sp³-hybridized carbons (Fsp3) is 0.611. The number of benzene rings is 1. The van der Waals surface area contributed by atoms with Gasteiger partial charge in [-0.1, -0.05) is 32.0 Å². The number of aryl methyl sites for hydroxylation is 1. The summed E-state index contributed by atoms with van der Waals surface area (Å²) >= 11 is 0. The topological polar surface area (TPSA) is 61.4 Å². The molecule has 0 fully saturated rings. The predicted molar refractivity (Wildman–Crippen MR) is 92.0 cm³/mol. The molecule has 0 aliphatic rings. The highest BCUT2D eigenvalue weighted by Crippen LogP contribution is 2.15. The summed E-state index contributed by atoms with van der Waals surface area (Å²) in [6.07, 6.45) is 1.84. The van der Waals surface area contributed by atoms with Gasteiger partial charge in [0.25, 0.3) is 0 Å². The van der Waals surface area contributed by atoms with Gasteiger partial charge >= 0.3 is 0 Å². The average molecular weight is 306 g/mol. The number of anilines is 1. The molecular formula is C18H30N2O2. The normalized spacial score (nSPS) is 15.1. The number of para-hydroxylation sites is 1. The van der Waals surface area contributed by atoms with Crippen molar-refractivity contribution in [2.24, 2.45) is 5.92 Å². The lowest BCUT2D eigenvalue weighted by atomic mass is 10.0. The molecule has 0 aromatic heterocycles. The molecule has 0 saturated heterocycles. The van der Waals surface area contributed by atoms with Crippen molar-refractivity contribution in [2.45, 2.75) is 59.1 Å². The monoisotopic (exact) mass is 306 g/mol. The Bertz CT molecular complexity index is 460. The minimum absolute atomic E-state index is 0.0316. The fourth-order valence-electron chi connectivity index (χ4n) is 2.57. The Balaban J connectivity index is 2.38. The summed E-state index contributed by atoms with van der Waals surface area (Å²) in [6.45, 7) is 8.81. The Morgan fingerprint density at radius 2 is 1.91 bits per heavy atom. The van der Waals surface area contributed by atoms with E-state index in [1.165, 1.54) is 0 Å². The van der Waals surface area contributed by atoms with Gasteiger partial charge in [0, 0.05) is 18.2 Å². The third kappa shape index (κ3) is 7.05. The number of carbonyl (C=O) groups excluding carboxylic acids is 1. The van der Waals surface area contributed by atoms with Crippen LogP contribution in [0.5, 0.6) is 0 Å². The van der Waals surface area contributed by atoms with Crippen LogP contribution in [0, 0.1) is 5.92 Å². The molecule has 4 nitrogen and oxygen atoms in total. The summed E-state index contributed by atoms with van der Waals surface area (Å²) in [6, 6.07) is 8.02. The van der Waals surface area contributed by atoms with Crippen LogP contribution in [0.3, 0.4) is 0 Å². The lowest BCUT2D eigenvalue weighted by Crippen LogP contribution is -2.34. The van der Waals surface area contributed by atoms with Crippen molar-refractivity contribution in [2.75, 3.05) is 11.9 Å². The van der Waals surface area contributed by atoms with Crippen LogP contribution in [0.25, 0.3) is 0 Å². The number of rotatable bonds is 9. The van der Waals surface area contributed by atoms with Gasteiger partial charge in [0.2, 0.25) is 5.91 Å². The highest BCUT2D eigenvalue weighted by atomic mass is 16.3. The molecule has 22 heavy (non-hydrogen) atoms. The second kappa shape index (κ2) is 9.59. The molecule has 0 heterocycles. The van der Waals surface area contributed by atoms with Crippen LogP contribution in [0.4, 0.5) is 5.69 Å². The van der Waals surface area contributed by atoms with Crippen molar-refractivity contribution < 1.29 is 9.90 Å². The average Bonchev–Trinajstić information content (AvgIpc) is 2.45. The summed E-state index contributed by atoms with van der Waals surface area (Å²) in [5.74, 6) is 0.426. The Morgan fingerprint density at radius 3 is 2.55 bits per heavy atom. The van der Waals surface area contributed by atoms with Crippen LogP contribution in [-0.2, 0) is 11.2 Å². The third-order valence-corrected chi connectivity index (χ3v) is 3.72. The molecule has 1 aromatic rings. The molecule has 1 amide bonds. The zero-order chi connectivity index (χ0) is 16.5. The maximum atomic E-state index is 12.1. The highest BCUT2D eigenvalue weighted by Gasteiger charge is 2.12. The van der Waals surface area contributed by atoms with E-state index < -0.39 is 0 Å². The lowest BCUT2D eigenvalue weighted by molar-refractivity contribution is -0.116. The van der Waals surface area contributed by atoms with E-state index in [4.69, 9.17) is 0 Å². The molecule has 0 radical (unpaired) electrons. The van der Waals surface area contributed by atoms with Gasteiger partial charge in [0.05, 0.1) is 6.10 Å². The number of hydrogen-bond acceptors (Lipinski definition) is 3. The van der Waals surface area contributed by atoms with E-state index in [0.29, 0.717) is 12.3 Å². The zero-order valence-corrected chi connectivity index (χ0v) is 14.2. The Kier molecular flexibility index (Phi) is 8.13. The molecule has 1 rings (SSSR count). The maximum absolute atomic E-state index is 12.1. The first kappa shape index (κ1) is 18.7. The summed E-state index contributed by atoms with van der Waals surface area (Å²) < 4.78 is 0. The number of hydrogen-bond donors (Lipinski definition) is 3. The molecule has 3 N–H and O–H groups in total. The number of amides is 1. The molecule has 0 bridgehead atoms. The van der Waals surface area contributed by atoms with Gasteiger partial charge < -0.3 is 15.7 Å². The first-order chi connectivity index (χ1) is 10.4. The van der Waals surface area contributed by atoms with E-state index in [-0.39, 0.29) is 18.1 Å². The predicted octanol–water partition coefficient (Wildman–Crippen LogP) is 2.96. The largest absolute Gasteiger partial charge is 0.393 e. The summed E-state index contributed by atoms with van der Waals surface area (Å²) in [4.78, 5) is 12.1. The second-order valence-corrected chi connectivity index (χ2v) is 6.26. The zero-order valence-electron chi connectivity index (χ0n) is 14.2. The van der Waals surface area contributed by atoms with Crippen molar-refractivity contribution in [3.63, 3.8) is 0 Å². The number of carbonyl (C=O) groups is 1. The minimum atomic E-state index is -0.277. The van der Waals surface area contributed by atoms with E-state index in [2.05, 4.69) is 24.5 Å². The summed E-state index contributed by atoms with van der Waals surface area (Å²) in [5.41, 5.74) is 2.06. The molecule has 0 saturated carbocycles. The van der Waals surface area contributed by atoms with Crippen LogP contribution in [0.2, 0.25) is 0 Å². The van der Waals surface area contributed by atoms with Crippen LogP contribution in [0.15, 0.2) is 24.3 Å². The van der Waals surface area contributed by atoms with Gasteiger partial charge in [-0.25, -0.2) is 0 Å². The highest BCUT2D eigenvalue weighted by molar-refractivity contribution is 5.91. The molecule has 3 unspecified atom stereocenters. The first-order valence-corrected chi connectivity index (χ1v) is 8.21. The fourth-order valence-corrected chi connectivity index (χ4v) is 2.57. The van der Waals surface area contributed by atoms with Crippen molar-refractivity contribution >= 4 is 11.6 Å². The standard InChI is InChI=1S/C18H30N2O2/c1-5-16-8-6-7-9-17(16)20-18(22)11-14(3)19-12-13(2)10-15(4)21/h6-9,13-15,19,21H,5,10-12H2,1-4H3,(H,20,22). The molecule has 0 spiro atoms. The van der Waals surface area contributed by atoms with Gasteiger partial charge in [-0.2, -0.15) is 0 Å². The van der Waals surface area contributed by atoms with Gasteiger partial charge in [-0.05, 0) is 50.8 Å². The van der Waals surface area contributed by atoms with Crippen LogP contribution < -0.4 is 10.6 Å². The van der Waals surface area contributed by atoms with E-state index in [9.17, 15) is 9.90 Å². The smallest absolute Gasteiger partial charge is 0.225 e. The summed E-state index contributed by atoms with van der Waals surface area (Å²) in [7, 11) is 0. The lowest BCUT2D eigenvalue weighted by Gasteiger charge is -2.19. The summed E-state index contributed by atoms with van der Waals surface area (Å²) in [5, 5.41) is 15.7. The number of aliphatic hydroxyl groups is 1. The first-order valence-electron chi connectivity index (χ1n) is 8.21. The van der Waals surface area contributed by atoms with Crippen molar-refractivity contribution in [3.05, 3.63) is 29.8 Å². The molecule has 3 atom stereocenters. The minimum Gasteiger partial charge on any atom is -0.393 e. The van der Waals surface area contributed by atoms with E-state index in [1.807, 2.05) is 31.2 Å². The number of nitrogens with one attached hydrogen (secondary N) is 2. The van der Waals surface area contributed by atoms with Gasteiger partial charge in [0.1, 0.15) is 0 Å². The molecule has 4 heteroatoms. The Hall–Kier alpha value is -1.39. The van der Waals surface area contributed by atoms with E-state index in [0.717, 1.165) is 30.6 Å². The molecule has 0 aliphatic heterocycles. The molecule has 124 valence electrons. The Labute approximate surface area is 134 Å². The molecular weight excluding hydrogens is 276 g/mol. The van der Waals surface area contributed by atoms with Gasteiger partial charge in [-0.3, -0.25) is 4.79 Å². The van der Waals surface area contributed by atoms with Crippen molar-refractivity contribution in [1.29, 1.82) is 0 Å². The van der Waals surface area contributed by atoms with E-state index >= 15 is 0 Å². The van der Waals surface area contributed by atoms with E-state index in [1.54, 1.807) is 6.92 Å². The van der Waals surface area contributed by atoms with Gasteiger partial charge in [0.15, 0.2) is 0 Å². The SMILES string of the molecule is CCc1ccccc1NC(=O)CC(C)NCC(C)CC(C)O. The van der Waals surface area contributed by atoms with Gasteiger partial charge in [-0.15, -0.1) is 0 Å². The van der Waals surface area contributed by atoms with Crippen LogP contribution >= 0.6 is 0 Å². The molecule has 1 aromatic carbocycles. The maximum Gasteiger partial charge on any atom is 0.225 e. The van der Waals surface area contributed by atoms with Crippen molar-refractivity contribution in [1.82, 2.24) is 5.32 Å². The second-order valence-electron chi connectivity index (χ2n) is 6.26. The number of aliphatic hydroxyl groups excluding tert-OH is 1. The Morgan fingerprint density at radius 1 is 1.23 bits per heavy atom. The van der Waals surface area contributed by atoms with Crippen molar-refractivity contribution in [3.8, 4) is 0 Å². The van der Waals surface area contributed by atoms with Crippen LogP contribution in [-0.4, -0.2) is 29.7 Å².